The average molecular weight is 403 g/mol. The first kappa shape index (κ1) is 18.8. The molecule has 1 aromatic heterocycles. The Morgan fingerprint density at radius 3 is 2.77 bits per heavy atom. The van der Waals surface area contributed by atoms with Gasteiger partial charge in [0.1, 0.15) is 11.9 Å². The van der Waals surface area contributed by atoms with E-state index in [0.717, 1.165) is 37.5 Å². The van der Waals surface area contributed by atoms with Crippen LogP contribution >= 0.6 is 0 Å². The number of carbonyl (C=O) groups is 1. The Balaban J connectivity index is 1.22. The summed E-state index contributed by atoms with van der Waals surface area (Å²) in [4.78, 5) is 19.8. The molecule has 1 N–H and O–H groups in total. The van der Waals surface area contributed by atoms with Crippen LogP contribution in [-0.2, 0) is 4.74 Å². The highest BCUT2D eigenvalue weighted by atomic mass is 16.6. The van der Waals surface area contributed by atoms with E-state index in [4.69, 9.17) is 9.47 Å². The van der Waals surface area contributed by atoms with E-state index in [1.807, 2.05) is 24.3 Å². The number of H-pyrrole nitrogens is 1. The van der Waals surface area contributed by atoms with Gasteiger partial charge in [0.15, 0.2) is 0 Å². The third kappa shape index (κ3) is 3.55. The standard InChI is InChI=1S/C24H25N3O3/c1-29-19-8-6-18(7-9-19)27-16-20(30-24(27)28)15-26-12-10-17(11-13-26)22-14-25-23-5-3-2-4-21(22)23/h2-10,14,20,25H,11-13,15-16H2,1H3. The van der Waals surface area contributed by atoms with Crippen molar-refractivity contribution in [2.75, 3.05) is 38.2 Å². The minimum atomic E-state index is -0.280. The lowest BCUT2D eigenvalue weighted by molar-refractivity contribution is 0.112. The molecule has 6 nitrogen and oxygen atoms in total. The van der Waals surface area contributed by atoms with E-state index < -0.39 is 0 Å². The van der Waals surface area contributed by atoms with Crippen LogP contribution in [-0.4, -0.2) is 55.4 Å². The van der Waals surface area contributed by atoms with Crippen molar-refractivity contribution in [3.05, 3.63) is 66.4 Å². The van der Waals surface area contributed by atoms with Crippen molar-refractivity contribution in [1.29, 1.82) is 0 Å². The van der Waals surface area contributed by atoms with E-state index in [0.29, 0.717) is 6.54 Å². The number of carbonyl (C=O) groups excluding carboxylic acids is 1. The van der Waals surface area contributed by atoms with Crippen molar-refractivity contribution in [1.82, 2.24) is 9.88 Å². The normalized spacial score (nSPS) is 19.8. The van der Waals surface area contributed by atoms with Gasteiger partial charge in [-0.1, -0.05) is 24.3 Å². The number of benzene rings is 2. The molecular formula is C24H25N3O3. The molecular weight excluding hydrogens is 378 g/mol. The van der Waals surface area contributed by atoms with E-state index in [1.54, 1.807) is 12.0 Å². The Hall–Kier alpha value is -3.25. The minimum Gasteiger partial charge on any atom is -0.497 e. The quantitative estimate of drug-likeness (QED) is 0.690. The average Bonchev–Trinajstić information content (AvgIpc) is 3.38. The number of nitrogens with one attached hydrogen (secondary N) is 1. The predicted molar refractivity (Wildman–Crippen MR) is 118 cm³/mol. The second kappa shape index (κ2) is 7.88. The lowest BCUT2D eigenvalue weighted by Gasteiger charge is -2.27. The number of aromatic nitrogens is 1. The molecule has 3 heterocycles. The summed E-state index contributed by atoms with van der Waals surface area (Å²) in [5.74, 6) is 0.772. The zero-order valence-corrected chi connectivity index (χ0v) is 17.0. The monoisotopic (exact) mass is 403 g/mol. The number of anilines is 1. The van der Waals surface area contributed by atoms with Gasteiger partial charge in [0.05, 0.1) is 13.7 Å². The molecule has 2 aliphatic heterocycles. The molecule has 6 heteroatoms. The molecule has 0 aliphatic carbocycles. The predicted octanol–water partition coefficient (Wildman–Crippen LogP) is 4.29. The molecule has 2 aliphatic rings. The fourth-order valence-electron chi connectivity index (χ4n) is 4.34. The SMILES string of the molecule is COc1ccc(N2CC(CN3CC=C(c4c[nH]c5ccccc45)CC3)OC2=O)cc1. The van der Waals surface area contributed by atoms with Crippen LogP contribution in [0.1, 0.15) is 12.0 Å². The van der Waals surface area contributed by atoms with Crippen LogP contribution in [0.5, 0.6) is 5.75 Å². The zero-order chi connectivity index (χ0) is 20.5. The number of nitrogens with zero attached hydrogens (tertiary/aromatic N) is 2. The van der Waals surface area contributed by atoms with Crippen LogP contribution < -0.4 is 9.64 Å². The van der Waals surface area contributed by atoms with E-state index >= 15 is 0 Å². The van der Waals surface area contributed by atoms with Crippen LogP contribution in [0.3, 0.4) is 0 Å². The fourth-order valence-corrected chi connectivity index (χ4v) is 4.34. The Morgan fingerprint density at radius 1 is 1.17 bits per heavy atom. The number of hydrogen-bond donors (Lipinski definition) is 1. The number of amides is 1. The summed E-state index contributed by atoms with van der Waals surface area (Å²) in [5.41, 5.74) is 4.69. The van der Waals surface area contributed by atoms with Crippen LogP contribution in [0.25, 0.3) is 16.5 Å². The van der Waals surface area contributed by atoms with E-state index in [1.165, 1.54) is 22.0 Å². The van der Waals surface area contributed by atoms with Crippen molar-refractivity contribution in [2.24, 2.45) is 0 Å². The number of para-hydroxylation sites is 1. The highest BCUT2D eigenvalue weighted by molar-refractivity contribution is 5.93. The molecule has 30 heavy (non-hydrogen) atoms. The molecule has 154 valence electrons. The second-order valence-corrected chi connectivity index (χ2v) is 7.80. The van der Waals surface area contributed by atoms with Gasteiger partial charge in [0, 0.05) is 48.0 Å². The molecule has 2 aromatic carbocycles. The summed E-state index contributed by atoms with van der Waals surface area (Å²) >= 11 is 0. The van der Waals surface area contributed by atoms with E-state index in [-0.39, 0.29) is 12.2 Å². The van der Waals surface area contributed by atoms with E-state index in [2.05, 4.69) is 46.4 Å². The third-order valence-corrected chi connectivity index (χ3v) is 5.95. The molecule has 1 saturated heterocycles. The second-order valence-electron chi connectivity index (χ2n) is 7.80. The van der Waals surface area contributed by atoms with Crippen LogP contribution in [0, 0.1) is 0 Å². The molecule has 1 amide bonds. The number of aromatic amines is 1. The summed E-state index contributed by atoms with van der Waals surface area (Å²) < 4.78 is 10.8. The Morgan fingerprint density at radius 2 is 2.00 bits per heavy atom. The Bertz CT molecular complexity index is 1090. The van der Waals surface area contributed by atoms with Gasteiger partial charge in [-0.25, -0.2) is 4.79 Å². The number of ether oxygens (including phenoxy) is 2. The van der Waals surface area contributed by atoms with Gasteiger partial charge in [-0.3, -0.25) is 9.80 Å². The smallest absolute Gasteiger partial charge is 0.414 e. The summed E-state index contributed by atoms with van der Waals surface area (Å²) in [7, 11) is 1.63. The topological polar surface area (TPSA) is 57.8 Å². The van der Waals surface area contributed by atoms with Crippen molar-refractivity contribution < 1.29 is 14.3 Å². The molecule has 1 atom stereocenters. The van der Waals surface area contributed by atoms with Crippen molar-refractivity contribution in [3.8, 4) is 5.75 Å². The lowest BCUT2D eigenvalue weighted by Crippen LogP contribution is -2.37. The van der Waals surface area contributed by atoms with Crippen molar-refractivity contribution >= 4 is 28.3 Å². The van der Waals surface area contributed by atoms with Gasteiger partial charge >= 0.3 is 6.09 Å². The van der Waals surface area contributed by atoms with Crippen LogP contribution in [0.2, 0.25) is 0 Å². The number of cyclic esters (lactones) is 1. The third-order valence-electron chi connectivity index (χ3n) is 5.95. The van der Waals surface area contributed by atoms with Crippen LogP contribution in [0.4, 0.5) is 10.5 Å². The molecule has 0 radical (unpaired) electrons. The number of rotatable bonds is 5. The maximum Gasteiger partial charge on any atom is 0.414 e. The van der Waals surface area contributed by atoms with Gasteiger partial charge in [0.2, 0.25) is 0 Å². The number of hydrogen-bond acceptors (Lipinski definition) is 4. The van der Waals surface area contributed by atoms with Gasteiger partial charge < -0.3 is 14.5 Å². The molecule has 0 saturated carbocycles. The zero-order valence-electron chi connectivity index (χ0n) is 17.0. The molecule has 1 fully saturated rings. The van der Waals surface area contributed by atoms with Gasteiger partial charge in [0.25, 0.3) is 0 Å². The summed E-state index contributed by atoms with van der Waals surface area (Å²) in [6.07, 6.45) is 5.00. The molecule has 5 rings (SSSR count). The number of methoxy groups -OCH3 is 1. The maximum absolute atomic E-state index is 12.4. The lowest BCUT2D eigenvalue weighted by atomic mass is 9.99. The first-order valence-corrected chi connectivity index (χ1v) is 10.3. The summed E-state index contributed by atoms with van der Waals surface area (Å²) in [6, 6.07) is 15.9. The molecule has 3 aromatic rings. The maximum atomic E-state index is 12.4. The largest absolute Gasteiger partial charge is 0.497 e. The highest BCUT2D eigenvalue weighted by Crippen LogP contribution is 2.30. The molecule has 0 spiro atoms. The number of fused-ring (bicyclic) bond motifs is 1. The summed E-state index contributed by atoms with van der Waals surface area (Å²) in [5, 5.41) is 1.28. The van der Waals surface area contributed by atoms with Gasteiger partial charge in [-0.15, -0.1) is 0 Å². The Labute approximate surface area is 175 Å². The van der Waals surface area contributed by atoms with Crippen molar-refractivity contribution in [2.45, 2.75) is 12.5 Å². The summed E-state index contributed by atoms with van der Waals surface area (Å²) in [6.45, 7) is 3.14. The van der Waals surface area contributed by atoms with Gasteiger partial charge in [-0.05, 0) is 42.3 Å². The minimum absolute atomic E-state index is 0.123. The first-order chi connectivity index (χ1) is 14.7. The van der Waals surface area contributed by atoms with Crippen molar-refractivity contribution in [3.63, 3.8) is 0 Å². The molecule has 0 bridgehead atoms. The van der Waals surface area contributed by atoms with Crippen LogP contribution in [0.15, 0.2) is 60.8 Å². The highest BCUT2D eigenvalue weighted by Gasteiger charge is 2.33. The molecule has 1 unspecified atom stereocenters. The van der Waals surface area contributed by atoms with E-state index in [9.17, 15) is 4.79 Å². The fraction of sp³-hybridized carbons (Fsp3) is 0.292. The first-order valence-electron chi connectivity index (χ1n) is 10.3. The Kier molecular flexibility index (Phi) is 4.93. The van der Waals surface area contributed by atoms with Gasteiger partial charge in [-0.2, -0.15) is 0 Å².